The molecule has 0 bridgehead atoms. The van der Waals surface area contributed by atoms with Crippen LogP contribution in [0.4, 0.5) is 18.9 Å². The Morgan fingerprint density at radius 3 is 2.40 bits per heavy atom. The van der Waals surface area contributed by atoms with Crippen molar-refractivity contribution < 1.29 is 37.3 Å². The number of benzene rings is 2. The van der Waals surface area contributed by atoms with Gasteiger partial charge in [-0.05, 0) is 118 Å². The number of aryl methyl sites for hydroxylation is 2. The second-order valence-electron chi connectivity index (χ2n) is 12.2. The first-order valence-electron chi connectivity index (χ1n) is 14.3. The number of rotatable bonds is 5. The summed E-state index contributed by atoms with van der Waals surface area (Å²) in [6.07, 6.45) is -3.39. The number of ether oxygens (including phenoxy) is 2. The molecule has 0 aliphatic carbocycles. The lowest BCUT2D eigenvalue weighted by molar-refractivity contribution is -0.160. The molecule has 10 heteroatoms. The fraction of sp³-hybridized carbons (Fsp3) is 0.424. The van der Waals surface area contributed by atoms with Crippen LogP contribution in [-0.2, 0) is 28.5 Å². The minimum absolute atomic E-state index is 0.171. The van der Waals surface area contributed by atoms with Gasteiger partial charge in [0.25, 0.3) is 5.91 Å². The highest BCUT2D eigenvalue weighted by Gasteiger charge is 2.41. The van der Waals surface area contributed by atoms with Crippen molar-refractivity contribution >= 4 is 17.6 Å². The van der Waals surface area contributed by atoms with Crippen LogP contribution < -0.4 is 9.64 Å². The van der Waals surface area contributed by atoms with E-state index < -0.39 is 29.4 Å². The third kappa shape index (κ3) is 5.72. The summed E-state index contributed by atoms with van der Waals surface area (Å²) >= 11 is 0. The Labute approximate surface area is 248 Å². The van der Waals surface area contributed by atoms with Crippen LogP contribution in [0.1, 0.15) is 82.7 Å². The third-order valence-electron chi connectivity index (χ3n) is 7.95. The molecule has 0 saturated carbocycles. The van der Waals surface area contributed by atoms with Crippen LogP contribution in [-0.4, -0.2) is 40.7 Å². The smallest absolute Gasteiger partial charge is 0.419 e. The Hall–Kier alpha value is -3.92. The lowest BCUT2D eigenvalue weighted by Gasteiger charge is -2.31. The van der Waals surface area contributed by atoms with Gasteiger partial charge in [-0.1, -0.05) is 0 Å². The van der Waals surface area contributed by atoms with Gasteiger partial charge in [-0.3, -0.25) is 9.78 Å². The van der Waals surface area contributed by atoms with E-state index in [0.29, 0.717) is 58.3 Å². The molecule has 5 rings (SSSR count). The molecule has 0 radical (unpaired) electrons. The number of fused-ring (bicyclic) bond motifs is 2. The van der Waals surface area contributed by atoms with E-state index in [4.69, 9.17) is 9.47 Å². The highest BCUT2D eigenvalue weighted by Crippen LogP contribution is 2.50. The van der Waals surface area contributed by atoms with Gasteiger partial charge < -0.3 is 19.5 Å². The van der Waals surface area contributed by atoms with Crippen molar-refractivity contribution in [1.29, 1.82) is 0 Å². The van der Waals surface area contributed by atoms with E-state index in [1.165, 1.54) is 6.20 Å². The number of aliphatic carboxylic acids is 1. The van der Waals surface area contributed by atoms with Crippen molar-refractivity contribution in [2.75, 3.05) is 18.1 Å². The molecule has 0 saturated heterocycles. The summed E-state index contributed by atoms with van der Waals surface area (Å²) in [6, 6.07) is 6.24. The van der Waals surface area contributed by atoms with Gasteiger partial charge in [0.1, 0.15) is 5.75 Å². The molecule has 1 amide bonds. The zero-order valence-electron chi connectivity index (χ0n) is 25.1. The molecule has 228 valence electrons. The Morgan fingerprint density at radius 2 is 1.79 bits per heavy atom. The highest BCUT2D eigenvalue weighted by molar-refractivity contribution is 6.08. The maximum atomic E-state index is 14.5. The molecule has 1 aromatic heterocycles. The monoisotopic (exact) mass is 596 g/mol. The van der Waals surface area contributed by atoms with E-state index in [1.54, 1.807) is 57.7 Å². The second-order valence-corrected chi connectivity index (χ2v) is 12.2. The molecule has 1 N–H and O–H groups in total. The van der Waals surface area contributed by atoms with Gasteiger partial charge in [-0.25, -0.2) is 4.79 Å². The minimum Gasteiger partial charge on any atom is -0.493 e. The summed E-state index contributed by atoms with van der Waals surface area (Å²) in [5.41, 5.74) is 2.94. The molecule has 43 heavy (non-hydrogen) atoms. The predicted molar refractivity (Wildman–Crippen MR) is 156 cm³/mol. The lowest BCUT2D eigenvalue weighted by atomic mass is 9.82. The molecule has 2 aromatic carbocycles. The van der Waals surface area contributed by atoms with Crippen molar-refractivity contribution in [3.8, 4) is 16.9 Å². The first kappa shape index (κ1) is 30.5. The first-order chi connectivity index (χ1) is 20.1. The van der Waals surface area contributed by atoms with Crippen molar-refractivity contribution in [3.63, 3.8) is 0 Å². The summed E-state index contributed by atoms with van der Waals surface area (Å²) in [7, 11) is 0. The molecule has 7 nitrogen and oxygen atoms in total. The van der Waals surface area contributed by atoms with E-state index in [1.807, 2.05) is 6.92 Å². The number of pyridine rings is 1. The fourth-order valence-corrected chi connectivity index (χ4v) is 6.06. The lowest BCUT2D eigenvalue weighted by Crippen LogP contribution is -2.30. The molecular formula is C33H35F3N2O5. The third-order valence-corrected chi connectivity index (χ3v) is 7.95. The van der Waals surface area contributed by atoms with E-state index in [0.717, 1.165) is 11.8 Å². The van der Waals surface area contributed by atoms with Gasteiger partial charge in [0.15, 0.2) is 6.10 Å². The van der Waals surface area contributed by atoms with Crippen LogP contribution in [0.5, 0.6) is 5.75 Å². The van der Waals surface area contributed by atoms with Gasteiger partial charge >= 0.3 is 12.1 Å². The van der Waals surface area contributed by atoms with E-state index in [-0.39, 0.29) is 35.9 Å². The van der Waals surface area contributed by atoms with Crippen LogP contribution in [0, 0.1) is 20.8 Å². The number of aromatic nitrogens is 1. The number of hydrogen-bond acceptors (Lipinski definition) is 5. The number of hydrogen-bond donors (Lipinski definition) is 1. The van der Waals surface area contributed by atoms with Gasteiger partial charge in [0.05, 0.1) is 23.3 Å². The molecule has 0 spiro atoms. The number of carbonyl (C=O) groups is 2. The molecule has 2 aliphatic heterocycles. The average molecular weight is 597 g/mol. The Kier molecular flexibility index (Phi) is 7.79. The van der Waals surface area contributed by atoms with Crippen molar-refractivity contribution in [2.24, 2.45) is 0 Å². The number of nitrogens with zero attached hydrogens (tertiary/aromatic N) is 2. The van der Waals surface area contributed by atoms with Crippen LogP contribution in [0.3, 0.4) is 0 Å². The highest BCUT2D eigenvalue weighted by atomic mass is 19.4. The van der Waals surface area contributed by atoms with Crippen LogP contribution in [0.2, 0.25) is 0 Å². The standard InChI is InChI=1S/C33H35F3N2O5/c1-17-14-25-22(11-12-38(25)30(39)20-10-9-18(2)37-16-20)27(26(17)29(31(40)41)43-32(4,5)6)23-15-24(33(34,35)36)28-21(19(23)3)8-7-13-42-28/h9-10,14-16,29H,7-8,11-13H2,1-6H3,(H,40,41). The first-order valence-corrected chi connectivity index (χ1v) is 14.3. The molecule has 1 atom stereocenters. The predicted octanol–water partition coefficient (Wildman–Crippen LogP) is 7.16. The van der Waals surface area contributed by atoms with E-state index in [9.17, 15) is 27.9 Å². The van der Waals surface area contributed by atoms with Gasteiger partial charge in [-0.2, -0.15) is 13.2 Å². The largest absolute Gasteiger partial charge is 0.493 e. The maximum Gasteiger partial charge on any atom is 0.419 e. The summed E-state index contributed by atoms with van der Waals surface area (Å²) in [6.45, 7) is 10.9. The SMILES string of the molecule is Cc1ccc(C(=O)N2CCc3c2cc(C)c(C(OC(C)(C)C)C(=O)O)c3-c2cc(C(F)(F)F)c3c(c2C)CCCO3)cn1. The number of halogens is 3. The summed E-state index contributed by atoms with van der Waals surface area (Å²) in [4.78, 5) is 32.2. The van der Waals surface area contributed by atoms with Gasteiger partial charge in [-0.15, -0.1) is 0 Å². The van der Waals surface area contributed by atoms with Crippen molar-refractivity contribution in [2.45, 2.75) is 78.7 Å². The molecule has 3 aromatic rings. The minimum atomic E-state index is -4.70. The molecule has 2 aliphatic rings. The number of amides is 1. The van der Waals surface area contributed by atoms with Crippen molar-refractivity contribution in [1.82, 2.24) is 4.98 Å². The number of carbonyl (C=O) groups excluding carboxylic acids is 1. The molecule has 3 heterocycles. The number of anilines is 1. The quantitative estimate of drug-likeness (QED) is 0.336. The Balaban J connectivity index is 1.82. The number of carboxylic acids is 1. The Morgan fingerprint density at radius 1 is 1.07 bits per heavy atom. The van der Waals surface area contributed by atoms with Crippen LogP contribution in [0.25, 0.3) is 11.1 Å². The zero-order chi connectivity index (χ0) is 31.4. The van der Waals surface area contributed by atoms with E-state index >= 15 is 0 Å². The summed E-state index contributed by atoms with van der Waals surface area (Å²) in [5.74, 6) is -1.72. The van der Waals surface area contributed by atoms with Gasteiger partial charge in [0, 0.05) is 29.7 Å². The fourth-order valence-electron chi connectivity index (χ4n) is 6.06. The number of alkyl halides is 3. The maximum absolute atomic E-state index is 14.5. The second kappa shape index (κ2) is 11.0. The molecule has 1 unspecified atom stereocenters. The average Bonchev–Trinajstić information content (AvgIpc) is 3.34. The Bertz CT molecular complexity index is 1610. The summed E-state index contributed by atoms with van der Waals surface area (Å²) < 4.78 is 55.1. The topological polar surface area (TPSA) is 89.0 Å². The normalized spacial score (nSPS) is 15.5. The number of carboxylic acid groups (broad SMARTS) is 1. The van der Waals surface area contributed by atoms with Gasteiger partial charge in [0.2, 0.25) is 0 Å². The van der Waals surface area contributed by atoms with Crippen LogP contribution in [0.15, 0.2) is 30.5 Å². The van der Waals surface area contributed by atoms with E-state index in [2.05, 4.69) is 4.98 Å². The van der Waals surface area contributed by atoms with Crippen LogP contribution >= 0.6 is 0 Å². The molecular weight excluding hydrogens is 561 g/mol. The zero-order valence-corrected chi connectivity index (χ0v) is 25.1. The molecule has 0 fully saturated rings. The van der Waals surface area contributed by atoms with Crippen molar-refractivity contribution in [3.05, 3.63) is 75.1 Å². The summed E-state index contributed by atoms with van der Waals surface area (Å²) in [5, 5.41) is 10.4.